The minimum absolute atomic E-state index is 1.42. The Hall–Kier alpha value is 0.683. The molecular formula is C5H7Cl2Rh. The summed E-state index contributed by atoms with van der Waals surface area (Å²) in [4.78, 5) is 0. The first-order valence-corrected chi connectivity index (χ1v) is 7.19. The Morgan fingerprint density at radius 3 is 2.25 bits per heavy atom. The summed E-state index contributed by atoms with van der Waals surface area (Å²) in [7, 11) is 11.0. The molecule has 0 amide bonds. The van der Waals surface area contributed by atoms with Gasteiger partial charge in [-0.3, -0.25) is 0 Å². The molecule has 3 heteroatoms. The number of hydrogen-bond acceptors (Lipinski definition) is 0. The van der Waals surface area contributed by atoms with Crippen molar-refractivity contribution in [1.82, 2.24) is 0 Å². The van der Waals surface area contributed by atoms with E-state index in [0.29, 0.717) is 0 Å². The monoisotopic (exact) mass is 240 g/mol. The van der Waals surface area contributed by atoms with E-state index in [1.807, 2.05) is 29.8 Å². The molecule has 0 saturated heterocycles. The van der Waals surface area contributed by atoms with Crippen LogP contribution in [0.5, 0.6) is 0 Å². The molecule has 0 unspecified atom stereocenters. The molecule has 0 aromatic carbocycles. The molecule has 8 heavy (non-hydrogen) atoms. The first-order chi connectivity index (χ1) is 3.77. The third-order valence-electron chi connectivity index (χ3n) is 0.452. The van der Waals surface area contributed by atoms with Gasteiger partial charge in [-0.05, 0) is 0 Å². The van der Waals surface area contributed by atoms with Crippen LogP contribution in [-0.4, -0.2) is 0 Å². The van der Waals surface area contributed by atoms with Crippen LogP contribution in [0.2, 0.25) is 0 Å². The van der Waals surface area contributed by atoms with Gasteiger partial charge in [0.25, 0.3) is 0 Å². The van der Waals surface area contributed by atoms with Gasteiger partial charge in [-0.1, -0.05) is 0 Å². The zero-order valence-electron chi connectivity index (χ0n) is 4.40. The molecule has 0 bridgehead atoms. The van der Waals surface area contributed by atoms with Gasteiger partial charge in [-0.25, -0.2) is 0 Å². The van der Waals surface area contributed by atoms with E-state index < -0.39 is 14.0 Å². The Morgan fingerprint density at radius 2 is 1.88 bits per heavy atom. The topological polar surface area (TPSA) is 0 Å². The molecule has 0 atom stereocenters. The normalized spacial score (nSPS) is 13.6. The van der Waals surface area contributed by atoms with Crippen LogP contribution < -0.4 is 0 Å². The zero-order chi connectivity index (χ0) is 6.41. The molecule has 0 N–H and O–H groups in total. The van der Waals surface area contributed by atoms with E-state index in [-0.39, 0.29) is 0 Å². The van der Waals surface area contributed by atoms with Gasteiger partial charge in [0.15, 0.2) is 0 Å². The standard InChI is InChI=1S/C5H7.2ClH.Rh/c1-3-5-4-2;;;/h1,3-5H,2H3;2*1H;/q;;;+2/p-2. The molecule has 0 aliphatic carbocycles. The maximum absolute atomic E-state index is 5.49. The van der Waals surface area contributed by atoms with Crippen LogP contribution in [0.25, 0.3) is 0 Å². The zero-order valence-corrected chi connectivity index (χ0v) is 7.55. The fraction of sp³-hybridized carbons (Fsp3) is 0.200. The van der Waals surface area contributed by atoms with Crippen molar-refractivity contribution in [3.63, 3.8) is 0 Å². The summed E-state index contributed by atoms with van der Waals surface area (Å²) in [5, 5.41) is 0. The predicted octanol–water partition coefficient (Wildman–Crippen LogP) is 3.00. The molecular weight excluding hydrogens is 234 g/mol. The van der Waals surface area contributed by atoms with E-state index in [4.69, 9.17) is 19.4 Å². The molecule has 50 valence electrons. The first-order valence-electron chi connectivity index (χ1n) is 2.02. The van der Waals surface area contributed by atoms with E-state index in [1.54, 1.807) is 0 Å². The average molecular weight is 241 g/mol. The van der Waals surface area contributed by atoms with Crippen molar-refractivity contribution in [3.8, 4) is 0 Å². The minimum atomic E-state index is -1.42. The van der Waals surface area contributed by atoms with E-state index >= 15 is 0 Å². The van der Waals surface area contributed by atoms with Gasteiger partial charge >= 0.3 is 63.2 Å². The predicted molar refractivity (Wildman–Crippen MR) is 35.7 cm³/mol. The third-order valence-corrected chi connectivity index (χ3v) is 2.17. The summed E-state index contributed by atoms with van der Waals surface area (Å²) in [5.74, 6) is 0. The van der Waals surface area contributed by atoms with E-state index in [1.165, 1.54) is 0 Å². The molecule has 0 rings (SSSR count). The number of allylic oxidation sites excluding steroid dienone is 3. The second kappa shape index (κ2) is 5.81. The van der Waals surface area contributed by atoms with Crippen molar-refractivity contribution in [2.45, 2.75) is 6.92 Å². The summed E-state index contributed by atoms with van der Waals surface area (Å²) in [6, 6.07) is 0. The number of halogens is 2. The average Bonchev–Trinajstić information content (AvgIpc) is 1.66. The first kappa shape index (κ1) is 8.68. The second-order valence-electron chi connectivity index (χ2n) is 1.02. The Balaban J connectivity index is 3.34. The molecule has 0 fully saturated rings. The van der Waals surface area contributed by atoms with Crippen molar-refractivity contribution in [1.29, 1.82) is 0 Å². The van der Waals surface area contributed by atoms with Crippen LogP contribution in [0.3, 0.4) is 0 Å². The van der Waals surface area contributed by atoms with Crippen LogP contribution in [0.1, 0.15) is 6.92 Å². The molecule has 0 aliphatic heterocycles. The molecule has 0 aliphatic rings. The summed E-state index contributed by atoms with van der Waals surface area (Å²) < 4.78 is 1.83. The number of rotatable bonds is 2. The molecule has 0 spiro atoms. The van der Waals surface area contributed by atoms with Crippen LogP contribution in [0, 0.1) is 0 Å². The van der Waals surface area contributed by atoms with Gasteiger partial charge in [-0.2, -0.15) is 0 Å². The second-order valence-corrected chi connectivity index (χ2v) is 6.49. The van der Waals surface area contributed by atoms with E-state index in [2.05, 4.69) is 0 Å². The quantitative estimate of drug-likeness (QED) is 0.514. The van der Waals surface area contributed by atoms with E-state index in [0.717, 1.165) is 0 Å². The molecule has 0 nitrogen and oxygen atoms in total. The third kappa shape index (κ3) is 6.68. The SMILES string of the molecule is CC=CC=[CH][Rh]([Cl])[Cl]. The van der Waals surface area contributed by atoms with Crippen LogP contribution >= 0.6 is 19.4 Å². The van der Waals surface area contributed by atoms with Gasteiger partial charge in [0, 0.05) is 0 Å². The van der Waals surface area contributed by atoms with Crippen molar-refractivity contribution in [3.05, 3.63) is 22.9 Å². The van der Waals surface area contributed by atoms with Crippen molar-refractivity contribution >= 4 is 19.4 Å². The molecule has 0 heterocycles. The Kier molecular flexibility index (Phi) is 6.31. The van der Waals surface area contributed by atoms with Crippen molar-refractivity contribution < 1.29 is 14.0 Å². The van der Waals surface area contributed by atoms with Crippen LogP contribution in [-0.2, 0) is 14.0 Å². The summed E-state index contributed by atoms with van der Waals surface area (Å²) in [6.07, 6.45) is 5.70. The van der Waals surface area contributed by atoms with Crippen molar-refractivity contribution in [2.24, 2.45) is 0 Å². The van der Waals surface area contributed by atoms with Crippen molar-refractivity contribution in [2.75, 3.05) is 0 Å². The number of hydrogen-bond donors (Lipinski definition) is 0. The molecule has 0 radical (unpaired) electrons. The Bertz CT molecular complexity index is 96.6. The van der Waals surface area contributed by atoms with Crippen LogP contribution in [0.15, 0.2) is 22.9 Å². The summed E-state index contributed by atoms with van der Waals surface area (Å²) >= 11 is -1.42. The maximum atomic E-state index is 5.49. The molecule has 0 aromatic heterocycles. The fourth-order valence-electron chi connectivity index (χ4n) is 0.197. The van der Waals surface area contributed by atoms with Crippen LogP contribution in [0.4, 0.5) is 0 Å². The Labute approximate surface area is 63.2 Å². The van der Waals surface area contributed by atoms with Gasteiger partial charge < -0.3 is 0 Å². The van der Waals surface area contributed by atoms with Gasteiger partial charge in [0.05, 0.1) is 0 Å². The Morgan fingerprint density at radius 1 is 1.25 bits per heavy atom. The summed E-state index contributed by atoms with van der Waals surface area (Å²) in [5.41, 5.74) is 0. The van der Waals surface area contributed by atoms with Gasteiger partial charge in [-0.15, -0.1) is 0 Å². The van der Waals surface area contributed by atoms with Gasteiger partial charge in [0.2, 0.25) is 0 Å². The van der Waals surface area contributed by atoms with E-state index in [9.17, 15) is 0 Å². The molecule has 0 saturated carbocycles. The fourth-order valence-corrected chi connectivity index (χ4v) is 1.19. The molecule has 0 aromatic rings. The van der Waals surface area contributed by atoms with Gasteiger partial charge in [0.1, 0.15) is 0 Å². The summed E-state index contributed by atoms with van der Waals surface area (Å²) in [6.45, 7) is 1.95.